The van der Waals surface area contributed by atoms with Crippen LogP contribution < -0.4 is 4.90 Å². The van der Waals surface area contributed by atoms with E-state index in [-0.39, 0.29) is 24.4 Å². The van der Waals surface area contributed by atoms with Crippen LogP contribution in [0.3, 0.4) is 0 Å². The molecule has 0 aliphatic carbocycles. The van der Waals surface area contributed by atoms with E-state index in [0.717, 1.165) is 24.4 Å². The SMILES string of the molecule is Cc1nnc2ccc(N3CC4CC(C3)N4C(=O)Cc3ccc(C(F)(F)F)cc3)nn12. The van der Waals surface area contributed by atoms with Crippen molar-refractivity contribution in [3.8, 4) is 0 Å². The fourth-order valence-corrected chi connectivity index (χ4v) is 4.34. The monoisotopic (exact) mass is 416 g/mol. The lowest BCUT2D eigenvalue weighted by molar-refractivity contribution is -0.145. The largest absolute Gasteiger partial charge is 0.416 e. The molecule has 3 aliphatic heterocycles. The number of hydrogen-bond acceptors (Lipinski definition) is 5. The first kappa shape index (κ1) is 18.8. The van der Waals surface area contributed by atoms with Crippen molar-refractivity contribution in [2.24, 2.45) is 0 Å². The number of aromatic nitrogens is 4. The molecule has 0 saturated carbocycles. The molecule has 2 bridgehead atoms. The van der Waals surface area contributed by atoms with Gasteiger partial charge in [0.2, 0.25) is 5.91 Å². The van der Waals surface area contributed by atoms with Crippen LogP contribution in [0.2, 0.25) is 0 Å². The van der Waals surface area contributed by atoms with E-state index in [2.05, 4.69) is 20.2 Å². The molecule has 2 atom stereocenters. The van der Waals surface area contributed by atoms with Crippen LogP contribution in [0, 0.1) is 6.92 Å². The van der Waals surface area contributed by atoms with Crippen LogP contribution in [0.5, 0.6) is 0 Å². The molecule has 30 heavy (non-hydrogen) atoms. The van der Waals surface area contributed by atoms with Gasteiger partial charge in [0.25, 0.3) is 0 Å². The fraction of sp³-hybridized carbons (Fsp3) is 0.400. The highest BCUT2D eigenvalue weighted by Crippen LogP contribution is 2.35. The van der Waals surface area contributed by atoms with E-state index in [1.54, 1.807) is 4.52 Å². The molecule has 3 aromatic rings. The van der Waals surface area contributed by atoms with Gasteiger partial charge < -0.3 is 9.80 Å². The van der Waals surface area contributed by atoms with Gasteiger partial charge in [-0.1, -0.05) is 12.1 Å². The second-order valence-corrected chi connectivity index (χ2v) is 7.83. The van der Waals surface area contributed by atoms with Crippen LogP contribution in [-0.2, 0) is 17.4 Å². The quantitative estimate of drug-likeness (QED) is 0.656. The molecule has 1 amide bonds. The number of anilines is 1. The third kappa shape index (κ3) is 3.16. The van der Waals surface area contributed by atoms with E-state index >= 15 is 0 Å². The maximum absolute atomic E-state index is 12.8. The molecule has 3 fully saturated rings. The first-order valence-corrected chi connectivity index (χ1v) is 9.71. The van der Waals surface area contributed by atoms with Crippen LogP contribution >= 0.6 is 0 Å². The maximum atomic E-state index is 12.8. The molecule has 0 spiro atoms. The van der Waals surface area contributed by atoms with Gasteiger partial charge in [0.1, 0.15) is 5.82 Å². The van der Waals surface area contributed by atoms with E-state index in [1.165, 1.54) is 12.1 Å². The summed E-state index contributed by atoms with van der Waals surface area (Å²) < 4.78 is 39.8. The van der Waals surface area contributed by atoms with E-state index in [9.17, 15) is 18.0 Å². The minimum atomic E-state index is -4.37. The highest BCUT2D eigenvalue weighted by atomic mass is 19.4. The molecule has 3 saturated heterocycles. The average Bonchev–Trinajstić information content (AvgIpc) is 3.08. The standard InChI is InChI=1S/C20H19F3N6O/c1-12-24-25-17-6-7-18(26-29(12)17)27-10-15-9-16(11-27)28(15)19(30)8-13-2-4-14(5-3-13)20(21,22)23/h2-7,15-16H,8-11H2,1H3. The Labute approximate surface area is 170 Å². The highest BCUT2D eigenvalue weighted by Gasteiger charge is 2.47. The predicted molar refractivity (Wildman–Crippen MR) is 102 cm³/mol. The number of rotatable bonds is 3. The van der Waals surface area contributed by atoms with Gasteiger partial charge in [0.05, 0.1) is 24.1 Å². The molecule has 156 valence electrons. The molecule has 0 radical (unpaired) electrons. The molecule has 2 unspecified atom stereocenters. The number of benzene rings is 1. The van der Waals surface area contributed by atoms with Crippen LogP contribution in [0.1, 0.15) is 23.4 Å². The van der Waals surface area contributed by atoms with Crippen molar-refractivity contribution in [2.75, 3.05) is 18.0 Å². The van der Waals surface area contributed by atoms with Gasteiger partial charge in [-0.25, -0.2) is 0 Å². The van der Waals surface area contributed by atoms with E-state index in [0.29, 0.717) is 30.1 Å². The molecule has 10 heteroatoms. The van der Waals surface area contributed by atoms with Gasteiger partial charge in [0, 0.05) is 13.1 Å². The lowest BCUT2D eigenvalue weighted by Gasteiger charge is -2.56. The van der Waals surface area contributed by atoms with E-state index in [1.807, 2.05) is 24.0 Å². The summed E-state index contributed by atoms with van der Waals surface area (Å²) in [4.78, 5) is 16.8. The first-order chi connectivity index (χ1) is 14.3. The molecule has 0 N–H and O–H groups in total. The fourth-order valence-electron chi connectivity index (χ4n) is 4.34. The summed E-state index contributed by atoms with van der Waals surface area (Å²) >= 11 is 0. The minimum absolute atomic E-state index is 0.0475. The Morgan fingerprint density at radius 3 is 2.43 bits per heavy atom. The number of hydrogen-bond donors (Lipinski definition) is 0. The van der Waals surface area contributed by atoms with Crippen LogP contribution in [0.15, 0.2) is 36.4 Å². The molecule has 5 heterocycles. The highest BCUT2D eigenvalue weighted by molar-refractivity contribution is 5.81. The molecule has 3 aliphatic rings. The summed E-state index contributed by atoms with van der Waals surface area (Å²) in [6, 6.07) is 8.76. The predicted octanol–water partition coefficient (Wildman–Crippen LogP) is 2.48. The number of piperazine rings is 1. The number of aryl methyl sites for hydroxylation is 1. The maximum Gasteiger partial charge on any atom is 0.416 e. The van der Waals surface area contributed by atoms with Crippen LogP contribution in [0.4, 0.5) is 19.0 Å². The molecule has 7 nitrogen and oxygen atoms in total. The Kier molecular flexibility index (Phi) is 4.19. The summed E-state index contributed by atoms with van der Waals surface area (Å²) in [5, 5.41) is 12.7. The van der Waals surface area contributed by atoms with E-state index in [4.69, 9.17) is 0 Å². The topological polar surface area (TPSA) is 66.6 Å². The second kappa shape index (κ2) is 6.68. The van der Waals surface area contributed by atoms with Crippen molar-refractivity contribution in [3.05, 3.63) is 53.3 Å². The molecule has 6 rings (SSSR count). The normalized spacial score (nSPS) is 21.1. The van der Waals surface area contributed by atoms with Crippen molar-refractivity contribution in [1.29, 1.82) is 0 Å². The van der Waals surface area contributed by atoms with Crippen LogP contribution in [-0.4, -0.2) is 55.8 Å². The lowest BCUT2D eigenvalue weighted by Crippen LogP contribution is -2.70. The molecular formula is C20H19F3N6O. The Hall–Kier alpha value is -3.17. The summed E-state index contributed by atoms with van der Waals surface area (Å²) in [7, 11) is 0. The summed E-state index contributed by atoms with van der Waals surface area (Å²) in [5.74, 6) is 1.48. The van der Waals surface area contributed by atoms with Gasteiger partial charge in [-0.3, -0.25) is 4.79 Å². The van der Waals surface area contributed by atoms with Gasteiger partial charge in [-0.15, -0.1) is 15.3 Å². The Balaban J connectivity index is 1.25. The first-order valence-electron chi connectivity index (χ1n) is 9.71. The van der Waals surface area contributed by atoms with Gasteiger partial charge in [0.15, 0.2) is 11.5 Å². The Morgan fingerprint density at radius 1 is 1.07 bits per heavy atom. The second-order valence-electron chi connectivity index (χ2n) is 7.83. The number of fused-ring (bicyclic) bond motifs is 3. The average molecular weight is 416 g/mol. The summed E-state index contributed by atoms with van der Waals surface area (Å²) in [6.07, 6.45) is -3.33. The van der Waals surface area contributed by atoms with Gasteiger partial charge in [-0.2, -0.15) is 17.7 Å². The zero-order chi connectivity index (χ0) is 21.0. The van der Waals surface area contributed by atoms with Crippen LogP contribution in [0.25, 0.3) is 5.65 Å². The third-order valence-electron chi connectivity index (χ3n) is 5.85. The minimum Gasteiger partial charge on any atom is -0.351 e. The Morgan fingerprint density at radius 2 is 1.77 bits per heavy atom. The van der Waals surface area contributed by atoms with Crippen molar-refractivity contribution < 1.29 is 18.0 Å². The lowest BCUT2D eigenvalue weighted by atomic mass is 9.86. The number of nitrogens with zero attached hydrogens (tertiary/aromatic N) is 6. The van der Waals surface area contributed by atoms with Gasteiger partial charge in [-0.05, 0) is 43.2 Å². The smallest absolute Gasteiger partial charge is 0.351 e. The van der Waals surface area contributed by atoms with Crippen molar-refractivity contribution in [2.45, 2.75) is 38.0 Å². The summed E-state index contributed by atoms with van der Waals surface area (Å²) in [5.41, 5.74) is 0.569. The number of carbonyl (C=O) groups is 1. The number of carbonyl (C=O) groups excluding carboxylic acids is 1. The number of piperidine rings is 1. The van der Waals surface area contributed by atoms with Crippen molar-refractivity contribution >= 4 is 17.4 Å². The number of amides is 1. The summed E-state index contributed by atoms with van der Waals surface area (Å²) in [6.45, 7) is 3.19. The van der Waals surface area contributed by atoms with E-state index < -0.39 is 11.7 Å². The van der Waals surface area contributed by atoms with Crippen molar-refractivity contribution in [3.63, 3.8) is 0 Å². The molecular weight excluding hydrogens is 397 g/mol. The van der Waals surface area contributed by atoms with Crippen molar-refractivity contribution in [1.82, 2.24) is 24.7 Å². The zero-order valence-electron chi connectivity index (χ0n) is 16.2. The third-order valence-corrected chi connectivity index (χ3v) is 5.85. The Bertz CT molecular complexity index is 1100. The molecule has 1 aromatic carbocycles. The number of halogens is 3. The zero-order valence-corrected chi connectivity index (χ0v) is 16.2. The number of alkyl halides is 3. The molecule has 2 aromatic heterocycles. The van der Waals surface area contributed by atoms with Gasteiger partial charge >= 0.3 is 6.18 Å².